The number of benzene rings is 1. The lowest BCUT2D eigenvalue weighted by molar-refractivity contribution is 0.116. The fraction of sp³-hybridized carbons (Fsp3) is 0.111. The second kappa shape index (κ2) is 2.51. The summed E-state index contributed by atoms with van der Waals surface area (Å²) in [6, 6.07) is 9.54. The molecule has 1 aromatic carbocycles. The molecule has 0 amide bonds. The van der Waals surface area contributed by atoms with Gasteiger partial charge in [-0.25, -0.2) is 0 Å². The predicted octanol–water partition coefficient (Wildman–Crippen LogP) is 1.94. The van der Waals surface area contributed by atoms with Gasteiger partial charge in [0.05, 0.1) is 0 Å². The van der Waals surface area contributed by atoms with Gasteiger partial charge < -0.3 is 9.84 Å². The highest BCUT2D eigenvalue weighted by atomic mass is 35.5. The fourth-order valence-corrected chi connectivity index (χ4v) is 1.08. The van der Waals surface area contributed by atoms with Crippen molar-refractivity contribution in [1.29, 1.82) is 0 Å². The zero-order chi connectivity index (χ0) is 8.60. The van der Waals surface area contributed by atoms with E-state index in [4.69, 9.17) is 21.4 Å². The normalized spacial score (nSPS) is 30.0. The molecule has 2 rings (SSSR count). The molecule has 0 spiro atoms. The number of hydrogen-bond acceptors (Lipinski definition) is 2. The van der Waals surface area contributed by atoms with Crippen LogP contribution in [-0.2, 0) is 4.74 Å². The SMILES string of the molecule is OC1(Cl)OC1=Cc1ccccc1. The van der Waals surface area contributed by atoms with Crippen LogP contribution in [0.15, 0.2) is 36.1 Å². The zero-order valence-corrected chi connectivity index (χ0v) is 6.95. The van der Waals surface area contributed by atoms with E-state index in [-0.39, 0.29) is 0 Å². The molecular formula is C9H7ClO2. The van der Waals surface area contributed by atoms with E-state index in [9.17, 15) is 0 Å². The van der Waals surface area contributed by atoms with Gasteiger partial charge in [-0.2, -0.15) is 0 Å². The molecule has 1 heterocycles. The Kier molecular flexibility index (Phi) is 1.60. The summed E-state index contributed by atoms with van der Waals surface area (Å²) in [4.78, 5) is 0. The van der Waals surface area contributed by atoms with Crippen LogP contribution in [0.25, 0.3) is 6.08 Å². The van der Waals surface area contributed by atoms with Gasteiger partial charge in [0, 0.05) is 0 Å². The van der Waals surface area contributed by atoms with Crippen molar-refractivity contribution in [2.75, 3.05) is 0 Å². The molecule has 0 radical (unpaired) electrons. The van der Waals surface area contributed by atoms with Gasteiger partial charge in [-0.3, -0.25) is 0 Å². The van der Waals surface area contributed by atoms with Crippen LogP contribution < -0.4 is 0 Å². The van der Waals surface area contributed by atoms with Crippen LogP contribution in [0.3, 0.4) is 0 Å². The van der Waals surface area contributed by atoms with Crippen molar-refractivity contribution in [3.8, 4) is 0 Å². The van der Waals surface area contributed by atoms with Gasteiger partial charge in [-0.1, -0.05) is 30.3 Å². The van der Waals surface area contributed by atoms with Gasteiger partial charge in [0.15, 0.2) is 5.76 Å². The third-order valence-electron chi connectivity index (χ3n) is 1.60. The molecule has 1 N–H and O–H groups in total. The van der Waals surface area contributed by atoms with E-state index in [2.05, 4.69) is 0 Å². The van der Waals surface area contributed by atoms with E-state index in [1.807, 2.05) is 30.3 Å². The van der Waals surface area contributed by atoms with Gasteiger partial charge in [0.2, 0.25) is 0 Å². The first-order chi connectivity index (χ1) is 5.68. The quantitative estimate of drug-likeness (QED) is 0.532. The van der Waals surface area contributed by atoms with Crippen molar-refractivity contribution in [3.05, 3.63) is 41.7 Å². The molecule has 0 aliphatic carbocycles. The van der Waals surface area contributed by atoms with Crippen LogP contribution in [0.2, 0.25) is 0 Å². The van der Waals surface area contributed by atoms with Gasteiger partial charge in [-0.15, -0.1) is 0 Å². The highest BCUT2D eigenvalue weighted by Gasteiger charge is 2.50. The van der Waals surface area contributed by atoms with Gasteiger partial charge in [0.25, 0.3) is 0 Å². The van der Waals surface area contributed by atoms with E-state index < -0.39 is 5.25 Å². The van der Waals surface area contributed by atoms with Crippen molar-refractivity contribution < 1.29 is 9.84 Å². The van der Waals surface area contributed by atoms with E-state index in [1.165, 1.54) is 0 Å². The first-order valence-corrected chi connectivity index (χ1v) is 3.94. The van der Waals surface area contributed by atoms with Gasteiger partial charge >= 0.3 is 5.25 Å². The summed E-state index contributed by atoms with van der Waals surface area (Å²) in [5, 5.41) is 7.48. The predicted molar refractivity (Wildman–Crippen MR) is 46.3 cm³/mol. The van der Waals surface area contributed by atoms with Crippen LogP contribution in [0.1, 0.15) is 5.56 Å². The monoisotopic (exact) mass is 182 g/mol. The van der Waals surface area contributed by atoms with E-state index in [1.54, 1.807) is 6.08 Å². The topological polar surface area (TPSA) is 32.8 Å². The molecule has 62 valence electrons. The molecule has 1 atom stereocenters. The van der Waals surface area contributed by atoms with Crippen molar-refractivity contribution in [2.24, 2.45) is 0 Å². The molecule has 12 heavy (non-hydrogen) atoms. The number of epoxide rings is 1. The number of aliphatic hydroxyl groups is 1. The zero-order valence-electron chi connectivity index (χ0n) is 6.20. The molecular weight excluding hydrogens is 176 g/mol. The third-order valence-corrected chi connectivity index (χ3v) is 1.87. The lowest BCUT2D eigenvalue weighted by Gasteiger charge is -1.86. The number of hydrogen-bond donors (Lipinski definition) is 1. The van der Waals surface area contributed by atoms with Crippen molar-refractivity contribution in [2.45, 2.75) is 5.25 Å². The summed E-state index contributed by atoms with van der Waals surface area (Å²) in [6.07, 6.45) is 1.70. The van der Waals surface area contributed by atoms with Crippen LogP contribution in [-0.4, -0.2) is 10.4 Å². The van der Waals surface area contributed by atoms with Crippen LogP contribution in [0.4, 0.5) is 0 Å². The molecule has 1 aliphatic rings. The van der Waals surface area contributed by atoms with E-state index in [0.29, 0.717) is 5.76 Å². The largest absolute Gasteiger partial charge is 0.439 e. The standard InChI is InChI=1S/C9H7ClO2/c10-9(11)8(12-9)6-7-4-2-1-3-5-7/h1-6,11H. The lowest BCUT2D eigenvalue weighted by Crippen LogP contribution is -1.92. The number of rotatable bonds is 1. The second-order valence-electron chi connectivity index (χ2n) is 2.58. The Labute approximate surface area is 75.0 Å². The first-order valence-electron chi connectivity index (χ1n) is 3.56. The van der Waals surface area contributed by atoms with Crippen molar-refractivity contribution >= 4 is 17.7 Å². The van der Waals surface area contributed by atoms with Crippen molar-refractivity contribution in [3.63, 3.8) is 0 Å². The summed E-state index contributed by atoms with van der Waals surface area (Å²) in [6.45, 7) is 0. The minimum Gasteiger partial charge on any atom is -0.439 e. The van der Waals surface area contributed by atoms with Crippen LogP contribution >= 0.6 is 11.6 Å². The maximum absolute atomic E-state index is 9.03. The smallest absolute Gasteiger partial charge is 0.349 e. The minimum absolute atomic E-state index is 0.398. The molecule has 1 unspecified atom stereocenters. The Bertz CT molecular complexity index is 317. The molecule has 2 nitrogen and oxygen atoms in total. The Morgan fingerprint density at radius 2 is 1.92 bits per heavy atom. The highest BCUT2D eigenvalue weighted by molar-refractivity contribution is 6.25. The summed E-state index contributed by atoms with van der Waals surface area (Å²) in [5.41, 5.74) is 0.962. The highest BCUT2D eigenvalue weighted by Crippen LogP contribution is 2.43. The van der Waals surface area contributed by atoms with Gasteiger partial charge in [0.1, 0.15) is 0 Å². The first kappa shape index (κ1) is 7.65. The maximum Gasteiger partial charge on any atom is 0.349 e. The summed E-state index contributed by atoms with van der Waals surface area (Å²) in [5.74, 6) is 0.398. The van der Waals surface area contributed by atoms with Gasteiger partial charge in [-0.05, 0) is 23.2 Å². The summed E-state index contributed by atoms with van der Waals surface area (Å²) >= 11 is 5.42. The average molecular weight is 183 g/mol. The maximum atomic E-state index is 9.03. The Morgan fingerprint density at radius 1 is 1.33 bits per heavy atom. The Balaban J connectivity index is 2.21. The Hall–Kier alpha value is -0.990. The second-order valence-corrected chi connectivity index (χ2v) is 3.09. The van der Waals surface area contributed by atoms with Crippen molar-refractivity contribution in [1.82, 2.24) is 0 Å². The molecule has 0 bridgehead atoms. The number of ether oxygens (including phenoxy) is 1. The fourth-order valence-electron chi connectivity index (χ4n) is 0.939. The third kappa shape index (κ3) is 1.44. The van der Waals surface area contributed by atoms with E-state index >= 15 is 0 Å². The number of halogens is 1. The summed E-state index contributed by atoms with van der Waals surface area (Å²) < 4.78 is 4.69. The lowest BCUT2D eigenvalue weighted by atomic mass is 10.2. The molecule has 3 heteroatoms. The van der Waals surface area contributed by atoms with Crippen LogP contribution in [0, 0.1) is 0 Å². The Morgan fingerprint density at radius 3 is 2.42 bits per heavy atom. The molecule has 0 aromatic heterocycles. The molecule has 1 aromatic rings. The average Bonchev–Trinajstić information content (AvgIpc) is 2.61. The van der Waals surface area contributed by atoms with Crippen LogP contribution in [0.5, 0.6) is 0 Å². The van der Waals surface area contributed by atoms with E-state index in [0.717, 1.165) is 5.56 Å². The minimum atomic E-state index is -1.55. The molecule has 1 fully saturated rings. The summed E-state index contributed by atoms with van der Waals surface area (Å²) in [7, 11) is 0. The molecule has 1 aliphatic heterocycles. The molecule has 1 saturated heterocycles. The molecule has 0 saturated carbocycles. The number of alkyl halides is 1.